The first-order valence-corrected chi connectivity index (χ1v) is 7.62. The van der Waals surface area contributed by atoms with Crippen LogP contribution in [0.15, 0.2) is 12.1 Å². The van der Waals surface area contributed by atoms with Crippen LogP contribution in [0, 0.1) is 5.92 Å². The van der Waals surface area contributed by atoms with Gasteiger partial charge in [-0.1, -0.05) is 19.9 Å². The first-order valence-electron chi connectivity index (χ1n) is 6.80. The van der Waals surface area contributed by atoms with Crippen molar-refractivity contribution in [2.45, 2.75) is 39.2 Å². The Kier molecular flexibility index (Phi) is 4.60. The molecule has 0 bridgehead atoms. The van der Waals surface area contributed by atoms with Crippen LogP contribution in [-0.2, 0) is 11.2 Å². The first kappa shape index (κ1) is 14.8. The number of hydrogen-bond acceptors (Lipinski definition) is 3. The highest BCUT2D eigenvalue weighted by Gasteiger charge is 2.23. The van der Waals surface area contributed by atoms with Gasteiger partial charge in [0.1, 0.15) is 6.04 Å². The van der Waals surface area contributed by atoms with Gasteiger partial charge < -0.3 is 10.4 Å². The number of aryl methyl sites for hydroxylation is 1. The van der Waals surface area contributed by atoms with Crippen LogP contribution in [0.25, 0.3) is 6.08 Å². The fraction of sp³-hybridized carbons (Fsp3) is 0.467. The molecule has 1 aliphatic rings. The molecule has 108 valence electrons. The monoisotopic (exact) mass is 293 g/mol. The van der Waals surface area contributed by atoms with Crippen molar-refractivity contribution in [2.75, 3.05) is 0 Å². The summed E-state index contributed by atoms with van der Waals surface area (Å²) < 4.78 is 0. The lowest BCUT2D eigenvalue weighted by molar-refractivity contribution is -0.139. The minimum absolute atomic E-state index is 0.218. The molecule has 1 aromatic heterocycles. The van der Waals surface area contributed by atoms with Gasteiger partial charge in [0.25, 0.3) is 5.91 Å². The Bertz CT molecular complexity index is 545. The lowest BCUT2D eigenvalue weighted by atomic mass is 10.0. The van der Waals surface area contributed by atoms with Crippen LogP contribution in [-0.4, -0.2) is 23.0 Å². The second-order valence-corrected chi connectivity index (χ2v) is 6.52. The van der Waals surface area contributed by atoms with E-state index in [0.29, 0.717) is 11.3 Å². The number of carboxylic acids is 1. The Balaban J connectivity index is 2.08. The zero-order valence-electron chi connectivity index (χ0n) is 11.7. The number of allylic oxidation sites excluding steroid dienone is 1. The van der Waals surface area contributed by atoms with Crippen LogP contribution < -0.4 is 5.32 Å². The van der Waals surface area contributed by atoms with Crippen LogP contribution in [0.5, 0.6) is 0 Å². The third-order valence-electron chi connectivity index (χ3n) is 3.23. The van der Waals surface area contributed by atoms with Gasteiger partial charge in [-0.2, -0.15) is 0 Å². The van der Waals surface area contributed by atoms with E-state index in [1.807, 2.05) is 26.0 Å². The summed E-state index contributed by atoms with van der Waals surface area (Å²) in [6.07, 6.45) is 6.51. The van der Waals surface area contributed by atoms with E-state index in [4.69, 9.17) is 5.11 Å². The number of carboxylic acid groups (broad SMARTS) is 1. The molecule has 0 radical (unpaired) electrons. The third kappa shape index (κ3) is 3.48. The van der Waals surface area contributed by atoms with Gasteiger partial charge in [-0.05, 0) is 42.9 Å². The molecule has 4 nitrogen and oxygen atoms in total. The number of nitrogens with one attached hydrogen (secondary N) is 1. The predicted molar refractivity (Wildman–Crippen MR) is 80.0 cm³/mol. The molecule has 1 atom stereocenters. The summed E-state index contributed by atoms with van der Waals surface area (Å²) in [5.74, 6) is -1.05. The Morgan fingerprint density at radius 3 is 2.80 bits per heavy atom. The normalized spacial score (nSPS) is 14.9. The topological polar surface area (TPSA) is 66.4 Å². The maximum atomic E-state index is 12.2. The standard InChI is InChI=1S/C15H19NO3S/c1-9(2)7-11(15(18)19)16-14(17)13-8-10-5-3-4-6-12(10)20-13/h4,6,8-9,11H,3,5,7H2,1-2H3,(H,16,17)(H,18,19). The SMILES string of the molecule is CC(C)CC(NC(=O)c1cc2c(s1)C=CCC2)C(=O)O. The lowest BCUT2D eigenvalue weighted by Crippen LogP contribution is -2.41. The maximum absolute atomic E-state index is 12.2. The van der Waals surface area contributed by atoms with E-state index in [0.717, 1.165) is 17.7 Å². The van der Waals surface area contributed by atoms with Gasteiger partial charge in [-0.15, -0.1) is 11.3 Å². The summed E-state index contributed by atoms with van der Waals surface area (Å²) in [6.45, 7) is 3.88. The minimum Gasteiger partial charge on any atom is -0.480 e. The van der Waals surface area contributed by atoms with Gasteiger partial charge in [-0.3, -0.25) is 4.79 Å². The Hall–Kier alpha value is -1.62. The largest absolute Gasteiger partial charge is 0.480 e. The molecular formula is C15H19NO3S. The van der Waals surface area contributed by atoms with Gasteiger partial charge in [0.05, 0.1) is 4.88 Å². The van der Waals surface area contributed by atoms with Crippen molar-refractivity contribution in [2.24, 2.45) is 5.92 Å². The Morgan fingerprint density at radius 1 is 1.45 bits per heavy atom. The number of rotatable bonds is 5. The molecule has 1 heterocycles. The van der Waals surface area contributed by atoms with Crippen LogP contribution in [0.2, 0.25) is 0 Å². The van der Waals surface area contributed by atoms with Crippen molar-refractivity contribution < 1.29 is 14.7 Å². The highest BCUT2D eigenvalue weighted by Crippen LogP contribution is 2.28. The van der Waals surface area contributed by atoms with Crippen LogP contribution in [0.3, 0.4) is 0 Å². The first-order chi connectivity index (χ1) is 9.47. The fourth-order valence-electron chi connectivity index (χ4n) is 2.24. The maximum Gasteiger partial charge on any atom is 0.326 e. The van der Waals surface area contributed by atoms with Gasteiger partial charge in [0.15, 0.2) is 0 Å². The zero-order valence-corrected chi connectivity index (χ0v) is 12.5. The molecule has 0 saturated carbocycles. The van der Waals surface area contributed by atoms with E-state index in [9.17, 15) is 9.59 Å². The molecule has 2 N–H and O–H groups in total. The third-order valence-corrected chi connectivity index (χ3v) is 4.37. The molecule has 1 amide bonds. The van der Waals surface area contributed by atoms with E-state index < -0.39 is 12.0 Å². The summed E-state index contributed by atoms with van der Waals surface area (Å²) >= 11 is 1.42. The van der Waals surface area contributed by atoms with Crippen LogP contribution in [0.1, 0.15) is 46.8 Å². The number of thiophene rings is 1. The average molecular weight is 293 g/mol. The molecule has 0 spiro atoms. The van der Waals surface area contributed by atoms with Crippen LogP contribution >= 0.6 is 11.3 Å². The van der Waals surface area contributed by atoms with Crippen molar-refractivity contribution in [3.8, 4) is 0 Å². The summed E-state index contributed by atoms with van der Waals surface area (Å²) in [4.78, 5) is 25.0. The number of amides is 1. The van der Waals surface area contributed by atoms with E-state index in [2.05, 4.69) is 11.4 Å². The fourth-order valence-corrected chi connectivity index (χ4v) is 3.29. The molecule has 20 heavy (non-hydrogen) atoms. The molecule has 5 heteroatoms. The molecule has 0 aliphatic heterocycles. The molecule has 1 unspecified atom stereocenters. The number of aliphatic carboxylic acids is 1. The van der Waals surface area contributed by atoms with Gasteiger partial charge in [-0.25, -0.2) is 4.79 Å². The molecule has 1 aromatic rings. The average Bonchev–Trinajstić information content (AvgIpc) is 2.81. The smallest absolute Gasteiger partial charge is 0.326 e. The highest BCUT2D eigenvalue weighted by atomic mass is 32.1. The minimum atomic E-state index is -0.978. The molecule has 0 aromatic carbocycles. The quantitative estimate of drug-likeness (QED) is 0.877. The van der Waals surface area contributed by atoms with Gasteiger partial charge in [0.2, 0.25) is 0 Å². The molecule has 0 fully saturated rings. The predicted octanol–water partition coefficient (Wildman–Crippen LogP) is 2.94. The molecule has 1 aliphatic carbocycles. The van der Waals surface area contributed by atoms with Gasteiger partial charge in [0, 0.05) is 4.88 Å². The second kappa shape index (κ2) is 6.22. The van der Waals surface area contributed by atoms with Crippen LogP contribution in [0.4, 0.5) is 0 Å². The molecular weight excluding hydrogens is 274 g/mol. The van der Waals surface area contributed by atoms with E-state index in [1.54, 1.807) is 0 Å². The number of hydrogen-bond donors (Lipinski definition) is 2. The number of carbonyl (C=O) groups is 2. The van der Waals surface area contributed by atoms with E-state index in [-0.39, 0.29) is 11.8 Å². The van der Waals surface area contributed by atoms with Crippen molar-refractivity contribution in [3.05, 3.63) is 27.5 Å². The van der Waals surface area contributed by atoms with E-state index >= 15 is 0 Å². The summed E-state index contributed by atoms with van der Waals surface area (Å²) in [5, 5.41) is 11.8. The zero-order chi connectivity index (χ0) is 14.7. The van der Waals surface area contributed by atoms with Crippen molar-refractivity contribution >= 4 is 29.3 Å². The summed E-state index contributed by atoms with van der Waals surface area (Å²) in [7, 11) is 0. The highest BCUT2D eigenvalue weighted by molar-refractivity contribution is 7.15. The van der Waals surface area contributed by atoms with Crippen molar-refractivity contribution in [1.29, 1.82) is 0 Å². The lowest BCUT2D eigenvalue weighted by Gasteiger charge is -2.15. The summed E-state index contributed by atoms with van der Waals surface area (Å²) in [6, 6.07) is 1.06. The van der Waals surface area contributed by atoms with E-state index in [1.165, 1.54) is 16.9 Å². The Morgan fingerprint density at radius 2 is 2.20 bits per heavy atom. The second-order valence-electron chi connectivity index (χ2n) is 5.44. The van der Waals surface area contributed by atoms with Gasteiger partial charge >= 0.3 is 5.97 Å². The summed E-state index contributed by atoms with van der Waals surface area (Å²) in [5.41, 5.74) is 1.18. The number of fused-ring (bicyclic) bond motifs is 1. The molecule has 2 rings (SSSR count). The molecule has 0 saturated heterocycles. The van der Waals surface area contributed by atoms with Crippen molar-refractivity contribution in [1.82, 2.24) is 5.32 Å². The van der Waals surface area contributed by atoms with Crippen molar-refractivity contribution in [3.63, 3.8) is 0 Å². The number of carbonyl (C=O) groups excluding carboxylic acids is 1. The Labute approximate surface area is 122 Å².